The lowest BCUT2D eigenvalue weighted by atomic mass is 10.0. The molecule has 1 aliphatic rings. The molecule has 34 heavy (non-hydrogen) atoms. The first-order valence-corrected chi connectivity index (χ1v) is 11.1. The van der Waals surface area contributed by atoms with Crippen molar-refractivity contribution in [2.75, 3.05) is 18.9 Å². The standard InChI is InChI=1S/C25H24FN7O/c1-28-24(34)17-7-11-30-23-15(2-4-18(26)22(17)23)6-10-29-21-12-19(32-14-33-21)16-3-5-20(31-13-16)25(27)8-9-25/h2-5,7,11-14H,6,8-10,27H2,1H3,(H,28,34)(H,29,32,33). The smallest absolute Gasteiger partial charge is 0.251 e. The number of nitrogens with two attached hydrogens (primary N) is 1. The molecule has 4 N–H and O–H groups in total. The van der Waals surface area contributed by atoms with Gasteiger partial charge in [-0.25, -0.2) is 14.4 Å². The molecular formula is C25H24FN7O. The minimum absolute atomic E-state index is 0.227. The molecule has 0 radical (unpaired) electrons. The summed E-state index contributed by atoms with van der Waals surface area (Å²) < 4.78 is 14.5. The second-order valence-corrected chi connectivity index (χ2v) is 8.42. The fourth-order valence-electron chi connectivity index (χ4n) is 3.98. The minimum Gasteiger partial charge on any atom is -0.370 e. The summed E-state index contributed by atoms with van der Waals surface area (Å²) in [6, 6.07) is 10.4. The van der Waals surface area contributed by atoms with Gasteiger partial charge in [-0.05, 0) is 49.1 Å². The minimum atomic E-state index is -0.472. The van der Waals surface area contributed by atoms with Gasteiger partial charge in [-0.2, -0.15) is 0 Å². The Bertz CT molecular complexity index is 1370. The maximum Gasteiger partial charge on any atom is 0.251 e. The Labute approximate surface area is 195 Å². The predicted molar refractivity (Wildman–Crippen MR) is 128 cm³/mol. The Hall–Kier alpha value is -3.98. The third kappa shape index (κ3) is 4.17. The van der Waals surface area contributed by atoms with E-state index in [0.717, 1.165) is 35.4 Å². The zero-order chi connectivity index (χ0) is 23.7. The highest BCUT2D eigenvalue weighted by molar-refractivity contribution is 6.06. The van der Waals surface area contributed by atoms with E-state index in [1.807, 2.05) is 18.2 Å². The Morgan fingerprint density at radius 1 is 1.12 bits per heavy atom. The van der Waals surface area contributed by atoms with Gasteiger partial charge in [0.25, 0.3) is 5.91 Å². The fourth-order valence-corrected chi connectivity index (χ4v) is 3.98. The van der Waals surface area contributed by atoms with E-state index in [1.165, 1.54) is 31.7 Å². The number of benzene rings is 1. The molecule has 0 atom stereocenters. The summed E-state index contributed by atoms with van der Waals surface area (Å²) in [5.41, 5.74) is 10.1. The second kappa shape index (κ2) is 8.75. The SMILES string of the molecule is CNC(=O)c1ccnc2c(CCNc3cc(-c4ccc(C5(N)CC5)nc4)ncn3)ccc(F)c12. The summed E-state index contributed by atoms with van der Waals surface area (Å²) in [7, 11) is 1.52. The number of nitrogens with one attached hydrogen (secondary N) is 2. The molecule has 1 aliphatic carbocycles. The van der Waals surface area contributed by atoms with E-state index in [2.05, 4.69) is 30.6 Å². The van der Waals surface area contributed by atoms with E-state index in [4.69, 9.17) is 5.73 Å². The number of carbonyl (C=O) groups excluding carboxylic acids is 1. The van der Waals surface area contributed by atoms with Crippen LogP contribution in [-0.4, -0.2) is 39.4 Å². The van der Waals surface area contributed by atoms with E-state index < -0.39 is 5.82 Å². The molecule has 0 saturated heterocycles. The first-order valence-electron chi connectivity index (χ1n) is 11.1. The van der Waals surface area contributed by atoms with Crippen molar-refractivity contribution in [3.05, 3.63) is 77.8 Å². The number of carbonyl (C=O) groups is 1. The molecule has 4 aromatic rings. The molecular weight excluding hydrogens is 433 g/mol. The molecule has 9 heteroatoms. The van der Waals surface area contributed by atoms with Crippen molar-refractivity contribution >= 4 is 22.6 Å². The molecule has 8 nitrogen and oxygen atoms in total. The lowest BCUT2D eigenvalue weighted by Crippen LogP contribution is -2.20. The average Bonchev–Trinajstić information content (AvgIpc) is 3.63. The molecule has 172 valence electrons. The van der Waals surface area contributed by atoms with Crippen LogP contribution in [-0.2, 0) is 12.0 Å². The maximum atomic E-state index is 14.5. The number of aromatic nitrogens is 4. The number of amides is 1. The predicted octanol–water partition coefficient (Wildman–Crippen LogP) is 3.19. The van der Waals surface area contributed by atoms with Crippen LogP contribution in [0.4, 0.5) is 10.2 Å². The number of nitrogens with zero attached hydrogens (tertiary/aromatic N) is 4. The van der Waals surface area contributed by atoms with Crippen LogP contribution in [0.1, 0.15) is 34.5 Å². The number of fused-ring (bicyclic) bond motifs is 1. The van der Waals surface area contributed by atoms with Crippen molar-refractivity contribution in [1.29, 1.82) is 0 Å². The largest absolute Gasteiger partial charge is 0.370 e. The average molecular weight is 458 g/mol. The van der Waals surface area contributed by atoms with Crippen LogP contribution in [0.5, 0.6) is 0 Å². The van der Waals surface area contributed by atoms with Crippen molar-refractivity contribution in [2.24, 2.45) is 5.73 Å². The molecule has 0 spiro atoms. The lowest BCUT2D eigenvalue weighted by molar-refractivity contribution is 0.0964. The first kappa shape index (κ1) is 21.8. The van der Waals surface area contributed by atoms with E-state index in [0.29, 0.717) is 24.3 Å². The quantitative estimate of drug-likeness (QED) is 0.390. The molecule has 0 aliphatic heterocycles. The highest BCUT2D eigenvalue weighted by Gasteiger charge is 2.41. The third-order valence-corrected chi connectivity index (χ3v) is 6.12. The van der Waals surface area contributed by atoms with Crippen LogP contribution in [0.3, 0.4) is 0 Å². The summed E-state index contributed by atoms with van der Waals surface area (Å²) >= 11 is 0. The van der Waals surface area contributed by atoms with Crippen LogP contribution in [0.25, 0.3) is 22.2 Å². The van der Waals surface area contributed by atoms with Gasteiger partial charge in [0, 0.05) is 43.0 Å². The van der Waals surface area contributed by atoms with E-state index in [9.17, 15) is 9.18 Å². The zero-order valence-electron chi connectivity index (χ0n) is 18.7. The number of hydrogen-bond donors (Lipinski definition) is 3. The fraction of sp³-hybridized carbons (Fsp3) is 0.240. The van der Waals surface area contributed by atoms with Gasteiger partial charge in [0.05, 0.1) is 28.0 Å². The number of hydrogen-bond acceptors (Lipinski definition) is 7. The third-order valence-electron chi connectivity index (χ3n) is 6.12. The molecule has 5 rings (SSSR count). The summed E-state index contributed by atoms with van der Waals surface area (Å²) in [5, 5.41) is 6.06. The second-order valence-electron chi connectivity index (χ2n) is 8.42. The van der Waals surface area contributed by atoms with Gasteiger partial charge in [-0.15, -0.1) is 0 Å². The molecule has 1 saturated carbocycles. The molecule has 1 aromatic carbocycles. The Kier molecular flexibility index (Phi) is 5.62. The van der Waals surface area contributed by atoms with Crippen molar-refractivity contribution in [3.8, 4) is 11.3 Å². The van der Waals surface area contributed by atoms with Crippen LogP contribution in [0, 0.1) is 5.82 Å². The summed E-state index contributed by atoms with van der Waals surface area (Å²) in [6.45, 7) is 0.538. The van der Waals surface area contributed by atoms with Gasteiger partial charge in [0.15, 0.2) is 0 Å². The molecule has 1 amide bonds. The zero-order valence-corrected chi connectivity index (χ0v) is 18.7. The van der Waals surface area contributed by atoms with Gasteiger partial charge >= 0.3 is 0 Å². The van der Waals surface area contributed by atoms with E-state index in [-0.39, 0.29) is 22.4 Å². The number of halogens is 1. The number of anilines is 1. The Morgan fingerprint density at radius 2 is 1.97 bits per heavy atom. The van der Waals surface area contributed by atoms with Gasteiger partial charge < -0.3 is 16.4 Å². The van der Waals surface area contributed by atoms with Crippen molar-refractivity contribution in [2.45, 2.75) is 24.8 Å². The first-order chi connectivity index (χ1) is 16.5. The monoisotopic (exact) mass is 457 g/mol. The Balaban J connectivity index is 1.31. The lowest BCUT2D eigenvalue weighted by Gasteiger charge is -2.11. The van der Waals surface area contributed by atoms with Crippen molar-refractivity contribution in [1.82, 2.24) is 25.3 Å². The maximum absolute atomic E-state index is 14.5. The Morgan fingerprint density at radius 3 is 2.71 bits per heavy atom. The number of pyridine rings is 2. The topological polar surface area (TPSA) is 119 Å². The normalized spacial score (nSPS) is 14.1. The molecule has 1 fully saturated rings. The van der Waals surface area contributed by atoms with E-state index in [1.54, 1.807) is 12.3 Å². The summed E-state index contributed by atoms with van der Waals surface area (Å²) in [4.78, 5) is 29.7. The highest BCUT2D eigenvalue weighted by Crippen LogP contribution is 2.41. The van der Waals surface area contributed by atoms with Crippen LogP contribution < -0.4 is 16.4 Å². The molecule has 0 unspecified atom stereocenters. The molecule has 0 bridgehead atoms. The van der Waals surface area contributed by atoms with Crippen LogP contribution in [0.2, 0.25) is 0 Å². The van der Waals surface area contributed by atoms with Gasteiger partial charge in [0.1, 0.15) is 18.0 Å². The summed E-state index contributed by atoms with van der Waals surface area (Å²) in [6.07, 6.45) is 7.31. The van der Waals surface area contributed by atoms with Crippen molar-refractivity contribution < 1.29 is 9.18 Å². The summed E-state index contributed by atoms with van der Waals surface area (Å²) in [5.74, 6) is -0.158. The van der Waals surface area contributed by atoms with Gasteiger partial charge in [0.2, 0.25) is 0 Å². The molecule has 3 aromatic heterocycles. The van der Waals surface area contributed by atoms with Crippen LogP contribution in [0.15, 0.2) is 55.1 Å². The highest BCUT2D eigenvalue weighted by atomic mass is 19.1. The van der Waals surface area contributed by atoms with Crippen LogP contribution >= 0.6 is 0 Å². The van der Waals surface area contributed by atoms with Gasteiger partial charge in [-0.1, -0.05) is 6.07 Å². The van der Waals surface area contributed by atoms with E-state index >= 15 is 0 Å². The van der Waals surface area contributed by atoms with Gasteiger partial charge in [-0.3, -0.25) is 14.8 Å². The number of rotatable bonds is 7. The molecule has 3 heterocycles. The van der Waals surface area contributed by atoms with Crippen molar-refractivity contribution in [3.63, 3.8) is 0 Å².